The maximum Gasteiger partial charge on any atom is 0.252 e. The van der Waals surface area contributed by atoms with Gasteiger partial charge >= 0.3 is 0 Å². The molecule has 8 heteroatoms. The lowest BCUT2D eigenvalue weighted by molar-refractivity contribution is -0.143. The number of piperidine rings is 1. The highest BCUT2D eigenvalue weighted by molar-refractivity contribution is 7.91. The van der Waals surface area contributed by atoms with E-state index in [1.165, 1.54) is 15.6 Å². The fraction of sp³-hybridized carbons (Fsp3) is 0.737. The van der Waals surface area contributed by atoms with Gasteiger partial charge in [0.15, 0.2) is 0 Å². The normalized spacial score (nSPS) is 25.4. The van der Waals surface area contributed by atoms with Gasteiger partial charge in [0, 0.05) is 25.6 Å². The van der Waals surface area contributed by atoms with Crippen LogP contribution in [0, 0.1) is 5.92 Å². The van der Waals surface area contributed by atoms with E-state index in [2.05, 4.69) is 0 Å². The molecule has 0 radical (unpaired) electrons. The average molecular weight is 415 g/mol. The van der Waals surface area contributed by atoms with Crippen molar-refractivity contribution in [1.82, 2.24) is 9.21 Å². The van der Waals surface area contributed by atoms with Gasteiger partial charge in [-0.3, -0.25) is 4.79 Å². The van der Waals surface area contributed by atoms with Crippen molar-refractivity contribution in [3.05, 3.63) is 17.5 Å². The summed E-state index contributed by atoms with van der Waals surface area (Å²) in [4.78, 5) is 15.1. The molecule has 1 amide bonds. The second kappa shape index (κ2) is 9.03. The van der Waals surface area contributed by atoms with Gasteiger partial charge in [-0.05, 0) is 43.6 Å². The summed E-state index contributed by atoms with van der Waals surface area (Å²) >= 11 is 1.23. The largest absolute Gasteiger partial charge is 0.391 e. The van der Waals surface area contributed by atoms with Crippen LogP contribution in [0.3, 0.4) is 0 Å². The molecule has 2 atom stereocenters. The highest BCUT2D eigenvalue weighted by Crippen LogP contribution is 2.30. The van der Waals surface area contributed by atoms with Crippen molar-refractivity contribution in [3.8, 4) is 0 Å². The molecule has 0 spiro atoms. The molecule has 152 valence electrons. The number of amides is 1. The number of nitrogens with zero attached hydrogens (tertiary/aromatic N) is 2. The second-order valence-electron chi connectivity index (χ2n) is 7.56. The Kier molecular flexibility index (Phi) is 6.94. The molecule has 1 aromatic rings. The third-order valence-electron chi connectivity index (χ3n) is 5.73. The molecule has 0 bridgehead atoms. The number of sulfonamides is 1. The Balaban J connectivity index is 1.64. The van der Waals surface area contributed by atoms with Gasteiger partial charge in [-0.2, -0.15) is 4.31 Å². The van der Waals surface area contributed by atoms with Crippen LogP contribution in [0.2, 0.25) is 0 Å². The number of hydrogen-bond acceptors (Lipinski definition) is 5. The average Bonchev–Trinajstić information content (AvgIpc) is 3.22. The first-order chi connectivity index (χ1) is 12.9. The zero-order valence-electron chi connectivity index (χ0n) is 15.9. The zero-order valence-corrected chi connectivity index (χ0v) is 17.6. The molecule has 27 heavy (non-hydrogen) atoms. The summed E-state index contributed by atoms with van der Waals surface area (Å²) in [5.74, 6) is -0.0589. The van der Waals surface area contributed by atoms with Crippen LogP contribution in [0.25, 0.3) is 0 Å². The molecule has 1 saturated heterocycles. The van der Waals surface area contributed by atoms with Crippen LogP contribution >= 0.6 is 11.3 Å². The standard InChI is InChI=1S/C19H30N2O4S2/c1-2-11-21(16-6-3-4-7-17(16)22)19(23)15-9-12-20(13-10-15)27(24,25)18-8-5-14-26-18/h5,8,14-17,22H,2-4,6-7,9-13H2,1H3/t16-,17-/m1/s1. The third kappa shape index (κ3) is 4.55. The summed E-state index contributed by atoms with van der Waals surface area (Å²) in [7, 11) is -3.44. The van der Waals surface area contributed by atoms with E-state index in [1.54, 1.807) is 17.5 Å². The highest BCUT2D eigenvalue weighted by atomic mass is 32.2. The number of carbonyl (C=O) groups excluding carboxylic acids is 1. The summed E-state index contributed by atoms with van der Waals surface area (Å²) in [6.45, 7) is 3.47. The van der Waals surface area contributed by atoms with Crippen LogP contribution in [0.4, 0.5) is 0 Å². The van der Waals surface area contributed by atoms with E-state index in [0.29, 0.717) is 36.7 Å². The summed E-state index contributed by atoms with van der Waals surface area (Å²) in [6, 6.07) is 3.29. The summed E-state index contributed by atoms with van der Waals surface area (Å²) in [6.07, 6.45) is 5.21. The lowest BCUT2D eigenvalue weighted by Crippen LogP contribution is -2.52. The van der Waals surface area contributed by atoms with Crippen LogP contribution in [0.5, 0.6) is 0 Å². The smallest absolute Gasteiger partial charge is 0.252 e. The lowest BCUT2D eigenvalue weighted by atomic mass is 9.89. The van der Waals surface area contributed by atoms with Crippen LogP contribution in [0.1, 0.15) is 51.9 Å². The fourth-order valence-corrected chi connectivity index (χ4v) is 6.86. The van der Waals surface area contributed by atoms with Crippen LogP contribution in [0.15, 0.2) is 21.7 Å². The molecule has 1 aliphatic carbocycles. The molecule has 2 heterocycles. The molecular formula is C19H30N2O4S2. The fourth-order valence-electron chi connectivity index (χ4n) is 4.25. The topological polar surface area (TPSA) is 77.9 Å². The Morgan fingerprint density at radius 3 is 2.56 bits per heavy atom. The number of rotatable bonds is 6. The molecule has 1 aliphatic heterocycles. The van der Waals surface area contributed by atoms with Crippen molar-refractivity contribution < 1.29 is 18.3 Å². The van der Waals surface area contributed by atoms with E-state index in [-0.39, 0.29) is 17.9 Å². The van der Waals surface area contributed by atoms with Gasteiger partial charge in [0.2, 0.25) is 5.91 Å². The van der Waals surface area contributed by atoms with Gasteiger partial charge in [-0.15, -0.1) is 11.3 Å². The first kappa shape index (κ1) is 20.8. The number of hydrogen-bond donors (Lipinski definition) is 1. The van der Waals surface area contributed by atoms with Gasteiger partial charge in [0.25, 0.3) is 10.0 Å². The Bertz CT molecular complexity index is 712. The quantitative estimate of drug-likeness (QED) is 0.776. The molecule has 3 rings (SSSR count). The Hall–Kier alpha value is -0.960. The number of carbonyl (C=O) groups is 1. The van der Waals surface area contributed by atoms with Gasteiger partial charge in [-0.1, -0.05) is 25.8 Å². The summed E-state index contributed by atoms with van der Waals surface area (Å²) in [5, 5.41) is 12.2. The van der Waals surface area contributed by atoms with Gasteiger partial charge in [0.05, 0.1) is 12.1 Å². The number of thiophene rings is 1. The minimum absolute atomic E-state index is 0.0842. The van der Waals surface area contributed by atoms with E-state index in [0.717, 1.165) is 32.1 Å². The molecule has 1 saturated carbocycles. The van der Waals surface area contributed by atoms with Crippen LogP contribution < -0.4 is 0 Å². The van der Waals surface area contributed by atoms with Gasteiger partial charge < -0.3 is 10.0 Å². The molecule has 2 aliphatic rings. The maximum atomic E-state index is 13.2. The van der Waals surface area contributed by atoms with Crippen LogP contribution in [-0.4, -0.2) is 60.4 Å². The first-order valence-electron chi connectivity index (χ1n) is 9.97. The molecule has 1 aromatic heterocycles. The van der Waals surface area contributed by atoms with Crippen molar-refractivity contribution in [2.75, 3.05) is 19.6 Å². The van der Waals surface area contributed by atoms with Crippen molar-refractivity contribution in [2.24, 2.45) is 5.92 Å². The van der Waals surface area contributed by atoms with Gasteiger partial charge in [-0.25, -0.2) is 8.42 Å². The van der Waals surface area contributed by atoms with Crippen molar-refractivity contribution in [3.63, 3.8) is 0 Å². The third-order valence-corrected chi connectivity index (χ3v) is 9.01. The van der Waals surface area contributed by atoms with E-state index < -0.39 is 16.1 Å². The Morgan fingerprint density at radius 2 is 1.96 bits per heavy atom. The molecule has 1 N–H and O–H groups in total. The SMILES string of the molecule is CCCN(C(=O)C1CCN(S(=O)(=O)c2cccs2)CC1)[C@@H]1CCCC[C@H]1O. The van der Waals surface area contributed by atoms with E-state index in [1.807, 2.05) is 11.8 Å². The second-order valence-corrected chi connectivity index (χ2v) is 10.7. The van der Waals surface area contributed by atoms with Gasteiger partial charge in [0.1, 0.15) is 4.21 Å². The lowest BCUT2D eigenvalue weighted by Gasteiger charge is -2.40. The molecule has 2 fully saturated rings. The van der Waals surface area contributed by atoms with Crippen molar-refractivity contribution in [2.45, 2.75) is 68.2 Å². The number of aliphatic hydroxyl groups is 1. The molecule has 0 unspecified atom stereocenters. The molecule has 0 aromatic carbocycles. The monoisotopic (exact) mass is 414 g/mol. The summed E-state index contributed by atoms with van der Waals surface area (Å²) in [5.41, 5.74) is 0. The minimum atomic E-state index is -3.44. The maximum absolute atomic E-state index is 13.2. The Morgan fingerprint density at radius 1 is 1.26 bits per heavy atom. The minimum Gasteiger partial charge on any atom is -0.391 e. The molecular weight excluding hydrogens is 384 g/mol. The number of aliphatic hydroxyl groups excluding tert-OH is 1. The van der Waals surface area contributed by atoms with E-state index in [9.17, 15) is 18.3 Å². The van der Waals surface area contributed by atoms with Crippen LogP contribution in [-0.2, 0) is 14.8 Å². The van der Waals surface area contributed by atoms with Crippen molar-refractivity contribution >= 4 is 27.3 Å². The Labute approximate surface area is 166 Å². The predicted molar refractivity (Wildman–Crippen MR) is 106 cm³/mol. The molecule has 6 nitrogen and oxygen atoms in total. The van der Waals surface area contributed by atoms with E-state index >= 15 is 0 Å². The van der Waals surface area contributed by atoms with E-state index in [4.69, 9.17) is 0 Å². The zero-order chi connectivity index (χ0) is 19.4. The first-order valence-corrected chi connectivity index (χ1v) is 12.3. The summed E-state index contributed by atoms with van der Waals surface area (Å²) < 4.78 is 27.2. The predicted octanol–water partition coefficient (Wildman–Crippen LogP) is 2.69. The highest BCUT2D eigenvalue weighted by Gasteiger charge is 2.37. The van der Waals surface area contributed by atoms with Crippen molar-refractivity contribution in [1.29, 1.82) is 0 Å².